The molecule has 0 aliphatic heterocycles. The first kappa shape index (κ1) is 12.8. The number of aliphatic hydroxyl groups is 1. The zero-order chi connectivity index (χ0) is 13.4. The van der Waals surface area contributed by atoms with Gasteiger partial charge in [-0.15, -0.1) is 0 Å². The van der Waals surface area contributed by atoms with Crippen molar-refractivity contribution in [3.8, 4) is 0 Å². The Balaban J connectivity index is 2.06. The number of imidazole rings is 1. The molecule has 2 aromatic carbocycles. The third kappa shape index (κ3) is 2.45. The lowest BCUT2D eigenvalue weighted by Crippen LogP contribution is -2.01. The van der Waals surface area contributed by atoms with Crippen LogP contribution >= 0.6 is 31.9 Å². The van der Waals surface area contributed by atoms with Crippen molar-refractivity contribution in [3.05, 3.63) is 62.8 Å². The van der Waals surface area contributed by atoms with E-state index in [1.807, 2.05) is 42.5 Å². The van der Waals surface area contributed by atoms with Crippen LogP contribution in [0.4, 0.5) is 0 Å². The molecule has 0 spiro atoms. The first-order valence-corrected chi connectivity index (χ1v) is 7.31. The molecule has 2 N–H and O–H groups in total. The normalized spacial score (nSPS) is 12.8. The number of aromatic amines is 1. The van der Waals surface area contributed by atoms with Crippen LogP contribution in [-0.2, 0) is 0 Å². The van der Waals surface area contributed by atoms with Crippen LogP contribution in [0.5, 0.6) is 0 Å². The predicted octanol–water partition coefficient (Wildman–Crippen LogP) is 4.17. The molecule has 0 bridgehead atoms. The molecular formula is C14H10Br2N2O. The summed E-state index contributed by atoms with van der Waals surface area (Å²) in [6.45, 7) is 0. The van der Waals surface area contributed by atoms with Gasteiger partial charge in [0.25, 0.3) is 0 Å². The average molecular weight is 382 g/mol. The number of aromatic nitrogens is 2. The highest BCUT2D eigenvalue weighted by molar-refractivity contribution is 9.13. The highest BCUT2D eigenvalue weighted by Crippen LogP contribution is 2.29. The van der Waals surface area contributed by atoms with Crippen molar-refractivity contribution in [3.63, 3.8) is 0 Å². The van der Waals surface area contributed by atoms with E-state index in [4.69, 9.17) is 0 Å². The van der Waals surface area contributed by atoms with Gasteiger partial charge in [-0.25, -0.2) is 4.98 Å². The summed E-state index contributed by atoms with van der Waals surface area (Å²) < 4.78 is 1.89. The van der Waals surface area contributed by atoms with Gasteiger partial charge in [0, 0.05) is 8.95 Å². The second-order valence-corrected chi connectivity index (χ2v) is 5.93. The van der Waals surface area contributed by atoms with Gasteiger partial charge >= 0.3 is 0 Å². The van der Waals surface area contributed by atoms with E-state index in [1.165, 1.54) is 0 Å². The van der Waals surface area contributed by atoms with E-state index < -0.39 is 6.10 Å². The number of aliphatic hydroxyl groups excluding tert-OH is 1. The van der Waals surface area contributed by atoms with E-state index >= 15 is 0 Å². The molecular weight excluding hydrogens is 372 g/mol. The Morgan fingerprint density at radius 2 is 1.74 bits per heavy atom. The molecule has 1 atom stereocenters. The molecule has 19 heavy (non-hydrogen) atoms. The smallest absolute Gasteiger partial charge is 0.140 e. The van der Waals surface area contributed by atoms with Crippen molar-refractivity contribution in [1.82, 2.24) is 9.97 Å². The molecule has 3 nitrogen and oxygen atoms in total. The van der Waals surface area contributed by atoms with Crippen molar-refractivity contribution in [2.45, 2.75) is 6.10 Å². The molecule has 0 aliphatic rings. The maximum absolute atomic E-state index is 10.3. The molecule has 1 aromatic heterocycles. The van der Waals surface area contributed by atoms with Crippen LogP contribution in [0, 0.1) is 0 Å². The highest BCUT2D eigenvalue weighted by Gasteiger charge is 2.15. The number of halogens is 2. The zero-order valence-electron chi connectivity index (χ0n) is 9.77. The second-order valence-electron chi connectivity index (χ2n) is 4.22. The molecule has 0 amide bonds. The number of nitrogens with one attached hydrogen (secondary N) is 1. The van der Waals surface area contributed by atoms with Crippen LogP contribution in [0.2, 0.25) is 0 Å². The zero-order valence-corrected chi connectivity index (χ0v) is 12.9. The number of hydrogen-bond acceptors (Lipinski definition) is 2. The van der Waals surface area contributed by atoms with Gasteiger partial charge in [-0.1, -0.05) is 30.3 Å². The van der Waals surface area contributed by atoms with Gasteiger partial charge in [-0.2, -0.15) is 0 Å². The third-order valence-electron chi connectivity index (χ3n) is 2.92. The molecule has 0 fully saturated rings. The molecule has 0 saturated carbocycles. The van der Waals surface area contributed by atoms with Crippen LogP contribution < -0.4 is 0 Å². The number of H-pyrrole nitrogens is 1. The first-order valence-electron chi connectivity index (χ1n) is 5.73. The number of rotatable bonds is 2. The first-order chi connectivity index (χ1) is 9.15. The second kappa shape index (κ2) is 5.07. The largest absolute Gasteiger partial charge is 0.380 e. The Morgan fingerprint density at radius 3 is 2.47 bits per heavy atom. The number of hydrogen-bond donors (Lipinski definition) is 2. The van der Waals surface area contributed by atoms with Gasteiger partial charge in [0.05, 0.1) is 11.0 Å². The highest BCUT2D eigenvalue weighted by atomic mass is 79.9. The molecule has 3 rings (SSSR count). The van der Waals surface area contributed by atoms with Gasteiger partial charge < -0.3 is 10.1 Å². The van der Waals surface area contributed by atoms with Crippen LogP contribution in [0.3, 0.4) is 0 Å². The fourth-order valence-corrected chi connectivity index (χ4v) is 2.62. The summed E-state index contributed by atoms with van der Waals surface area (Å²) in [5.74, 6) is 0.547. The number of benzene rings is 2. The van der Waals surface area contributed by atoms with E-state index in [0.29, 0.717) is 5.82 Å². The Hall–Kier alpha value is -1.17. The van der Waals surface area contributed by atoms with Crippen molar-refractivity contribution in [1.29, 1.82) is 0 Å². The molecule has 96 valence electrons. The molecule has 3 aromatic rings. The van der Waals surface area contributed by atoms with Crippen LogP contribution in [0.15, 0.2) is 51.4 Å². The molecule has 1 heterocycles. The van der Waals surface area contributed by atoms with Crippen LogP contribution in [0.25, 0.3) is 11.0 Å². The monoisotopic (exact) mass is 380 g/mol. The van der Waals surface area contributed by atoms with Crippen molar-refractivity contribution >= 4 is 42.9 Å². The van der Waals surface area contributed by atoms with Gasteiger partial charge in [-0.3, -0.25) is 0 Å². The van der Waals surface area contributed by atoms with Crippen molar-refractivity contribution in [2.24, 2.45) is 0 Å². The predicted molar refractivity (Wildman–Crippen MR) is 82.0 cm³/mol. The lowest BCUT2D eigenvalue weighted by atomic mass is 10.1. The maximum Gasteiger partial charge on any atom is 0.140 e. The SMILES string of the molecule is OC(c1ccccc1)c1nc2cc(Br)c(Br)cc2[nH]1. The fraction of sp³-hybridized carbons (Fsp3) is 0.0714. The van der Waals surface area contributed by atoms with Gasteiger partial charge in [0.2, 0.25) is 0 Å². The molecule has 1 unspecified atom stereocenters. The van der Waals surface area contributed by atoms with Crippen molar-refractivity contribution < 1.29 is 5.11 Å². The molecule has 0 saturated heterocycles. The maximum atomic E-state index is 10.3. The summed E-state index contributed by atoms with van der Waals surface area (Å²) in [7, 11) is 0. The standard InChI is InChI=1S/C14H10Br2N2O/c15-9-6-11-12(7-10(9)16)18-14(17-11)13(19)8-4-2-1-3-5-8/h1-7,13,19H,(H,17,18). The number of nitrogens with zero attached hydrogens (tertiary/aromatic N) is 1. The van der Waals surface area contributed by atoms with E-state index in [1.54, 1.807) is 0 Å². The quantitative estimate of drug-likeness (QED) is 0.699. The van der Waals surface area contributed by atoms with Gasteiger partial charge in [0.1, 0.15) is 11.9 Å². The van der Waals surface area contributed by atoms with Gasteiger partial charge in [0.15, 0.2) is 0 Å². The van der Waals surface area contributed by atoms with Gasteiger partial charge in [-0.05, 0) is 49.6 Å². The fourth-order valence-electron chi connectivity index (χ4n) is 1.95. The Labute approximate surface area is 126 Å². The Kier molecular flexibility index (Phi) is 3.43. The molecule has 5 heteroatoms. The summed E-state index contributed by atoms with van der Waals surface area (Å²) in [5, 5.41) is 10.3. The van der Waals surface area contributed by atoms with Crippen LogP contribution in [-0.4, -0.2) is 15.1 Å². The Morgan fingerprint density at radius 1 is 1.05 bits per heavy atom. The van der Waals surface area contributed by atoms with E-state index in [2.05, 4.69) is 41.8 Å². The minimum absolute atomic E-state index is 0.547. The minimum Gasteiger partial charge on any atom is -0.380 e. The molecule has 0 radical (unpaired) electrons. The van der Waals surface area contributed by atoms with E-state index in [-0.39, 0.29) is 0 Å². The topological polar surface area (TPSA) is 48.9 Å². The summed E-state index contributed by atoms with van der Waals surface area (Å²) in [4.78, 5) is 7.58. The lowest BCUT2D eigenvalue weighted by Gasteiger charge is -2.06. The van der Waals surface area contributed by atoms with E-state index in [0.717, 1.165) is 25.5 Å². The Bertz CT molecular complexity index is 686. The summed E-state index contributed by atoms with van der Waals surface area (Å²) in [6, 6.07) is 13.3. The molecule has 0 aliphatic carbocycles. The third-order valence-corrected chi connectivity index (χ3v) is 4.76. The van der Waals surface area contributed by atoms with E-state index in [9.17, 15) is 5.11 Å². The lowest BCUT2D eigenvalue weighted by molar-refractivity contribution is 0.211. The minimum atomic E-state index is -0.744. The summed E-state index contributed by atoms with van der Waals surface area (Å²) in [6.07, 6.45) is -0.744. The number of fused-ring (bicyclic) bond motifs is 1. The van der Waals surface area contributed by atoms with Crippen molar-refractivity contribution in [2.75, 3.05) is 0 Å². The summed E-state index contributed by atoms with van der Waals surface area (Å²) in [5.41, 5.74) is 2.53. The van der Waals surface area contributed by atoms with Crippen LogP contribution in [0.1, 0.15) is 17.5 Å². The average Bonchev–Trinajstić information content (AvgIpc) is 2.82. The summed E-state index contributed by atoms with van der Waals surface area (Å²) >= 11 is 6.89.